The summed E-state index contributed by atoms with van der Waals surface area (Å²) in [5, 5.41) is 0. The molecule has 0 aromatic heterocycles. The summed E-state index contributed by atoms with van der Waals surface area (Å²) in [6.45, 7) is 4.28. The van der Waals surface area contributed by atoms with Crippen LogP contribution in [-0.2, 0) is 4.79 Å². The van der Waals surface area contributed by atoms with Gasteiger partial charge in [-0.25, -0.2) is 0 Å². The molecule has 3 heteroatoms. The van der Waals surface area contributed by atoms with Gasteiger partial charge < -0.3 is 4.90 Å². The molecule has 1 aliphatic rings. The van der Waals surface area contributed by atoms with Crippen molar-refractivity contribution in [2.24, 2.45) is 0 Å². The smallest absolute Gasteiger partial charge is 0.247 e. The second-order valence-corrected chi connectivity index (χ2v) is 6.18. The highest BCUT2D eigenvalue weighted by atomic mass is 79.9. The van der Waals surface area contributed by atoms with E-state index in [-0.39, 0.29) is 5.91 Å². The van der Waals surface area contributed by atoms with E-state index in [1.807, 2.05) is 35.2 Å². The molecule has 19 heavy (non-hydrogen) atoms. The number of piperidine rings is 1. The molecular weight excluding hydrogens is 302 g/mol. The van der Waals surface area contributed by atoms with Gasteiger partial charge in [0.1, 0.15) is 0 Å². The van der Waals surface area contributed by atoms with Crippen LogP contribution in [0.4, 0.5) is 0 Å². The van der Waals surface area contributed by atoms with Gasteiger partial charge in [0.15, 0.2) is 0 Å². The van der Waals surface area contributed by atoms with E-state index in [0.717, 1.165) is 22.9 Å². The summed E-state index contributed by atoms with van der Waals surface area (Å²) in [6.07, 6.45) is 7.04. The highest BCUT2D eigenvalue weighted by Gasteiger charge is 2.27. The third kappa shape index (κ3) is 3.69. The van der Waals surface area contributed by atoms with Gasteiger partial charge in [-0.3, -0.25) is 4.79 Å². The van der Waals surface area contributed by atoms with Crippen molar-refractivity contribution in [2.75, 3.05) is 0 Å². The molecule has 2 unspecified atom stereocenters. The zero-order chi connectivity index (χ0) is 13.8. The van der Waals surface area contributed by atoms with Crippen molar-refractivity contribution in [1.82, 2.24) is 4.90 Å². The first kappa shape index (κ1) is 14.3. The Morgan fingerprint density at radius 1 is 1.21 bits per heavy atom. The maximum atomic E-state index is 12.3. The quantitative estimate of drug-likeness (QED) is 0.745. The van der Waals surface area contributed by atoms with Crippen LogP contribution in [-0.4, -0.2) is 22.9 Å². The molecular formula is C16H20BrNO. The second-order valence-electron chi connectivity index (χ2n) is 5.26. The Hall–Kier alpha value is -1.09. The molecule has 0 saturated carbocycles. The van der Waals surface area contributed by atoms with Crippen LogP contribution in [0, 0.1) is 0 Å². The first-order valence-electron chi connectivity index (χ1n) is 6.84. The molecule has 1 saturated heterocycles. The maximum absolute atomic E-state index is 12.3. The van der Waals surface area contributed by atoms with Gasteiger partial charge in [0.2, 0.25) is 5.91 Å². The molecule has 2 atom stereocenters. The van der Waals surface area contributed by atoms with Crippen LogP contribution in [0.15, 0.2) is 34.8 Å². The Morgan fingerprint density at radius 3 is 2.37 bits per heavy atom. The molecule has 0 bridgehead atoms. The van der Waals surface area contributed by atoms with Gasteiger partial charge in [-0.15, -0.1) is 0 Å². The van der Waals surface area contributed by atoms with Crippen molar-refractivity contribution in [2.45, 2.75) is 45.2 Å². The fraction of sp³-hybridized carbons (Fsp3) is 0.438. The van der Waals surface area contributed by atoms with Crippen molar-refractivity contribution in [3.05, 3.63) is 40.4 Å². The third-order valence-electron chi connectivity index (χ3n) is 3.74. The fourth-order valence-corrected chi connectivity index (χ4v) is 2.95. The van der Waals surface area contributed by atoms with Gasteiger partial charge in [-0.1, -0.05) is 28.1 Å². The van der Waals surface area contributed by atoms with Crippen LogP contribution in [0.1, 0.15) is 38.7 Å². The van der Waals surface area contributed by atoms with Crippen molar-refractivity contribution < 1.29 is 4.79 Å². The summed E-state index contributed by atoms with van der Waals surface area (Å²) in [5.41, 5.74) is 1.05. The Balaban J connectivity index is 2.05. The van der Waals surface area contributed by atoms with Gasteiger partial charge in [0, 0.05) is 22.6 Å². The Labute approximate surface area is 123 Å². The van der Waals surface area contributed by atoms with Crippen LogP contribution in [0.25, 0.3) is 6.08 Å². The molecule has 0 spiro atoms. The number of rotatable bonds is 2. The van der Waals surface area contributed by atoms with Crippen LogP contribution in [0.2, 0.25) is 0 Å². The van der Waals surface area contributed by atoms with E-state index in [2.05, 4.69) is 29.8 Å². The number of halogens is 1. The third-order valence-corrected chi connectivity index (χ3v) is 4.27. The van der Waals surface area contributed by atoms with E-state index in [0.29, 0.717) is 12.1 Å². The molecule has 1 aromatic carbocycles. The summed E-state index contributed by atoms with van der Waals surface area (Å²) >= 11 is 3.40. The topological polar surface area (TPSA) is 20.3 Å². The molecule has 1 aromatic rings. The number of carbonyl (C=O) groups excluding carboxylic acids is 1. The van der Waals surface area contributed by atoms with Crippen molar-refractivity contribution in [3.63, 3.8) is 0 Å². The Morgan fingerprint density at radius 2 is 1.79 bits per heavy atom. The number of amides is 1. The number of nitrogens with zero attached hydrogens (tertiary/aromatic N) is 1. The lowest BCUT2D eigenvalue weighted by Gasteiger charge is -2.38. The fourth-order valence-electron chi connectivity index (χ4n) is 2.68. The average Bonchev–Trinajstić information content (AvgIpc) is 2.38. The molecule has 0 aliphatic carbocycles. The summed E-state index contributed by atoms with van der Waals surface area (Å²) in [7, 11) is 0. The maximum Gasteiger partial charge on any atom is 0.247 e. The summed E-state index contributed by atoms with van der Waals surface area (Å²) in [5.74, 6) is 0.127. The lowest BCUT2D eigenvalue weighted by atomic mass is 9.97. The zero-order valence-corrected chi connectivity index (χ0v) is 13.1. The Kier molecular flexibility index (Phi) is 4.81. The lowest BCUT2D eigenvalue weighted by molar-refractivity contribution is -0.131. The van der Waals surface area contributed by atoms with Crippen molar-refractivity contribution in [1.29, 1.82) is 0 Å². The van der Waals surface area contributed by atoms with Gasteiger partial charge in [-0.2, -0.15) is 0 Å². The molecule has 2 nitrogen and oxygen atoms in total. The van der Waals surface area contributed by atoms with Crippen LogP contribution >= 0.6 is 15.9 Å². The SMILES string of the molecule is CC1CCCC(C)N1C(=O)/C=C/c1ccc(Br)cc1. The average molecular weight is 322 g/mol. The molecule has 1 heterocycles. The molecule has 0 N–H and O–H groups in total. The first-order valence-corrected chi connectivity index (χ1v) is 7.63. The highest BCUT2D eigenvalue weighted by Crippen LogP contribution is 2.23. The number of benzene rings is 1. The van der Waals surface area contributed by atoms with Crippen molar-refractivity contribution >= 4 is 27.9 Å². The molecule has 1 amide bonds. The molecule has 2 rings (SSSR count). The van der Waals surface area contributed by atoms with E-state index >= 15 is 0 Å². The summed E-state index contributed by atoms with van der Waals surface area (Å²) in [4.78, 5) is 14.3. The molecule has 102 valence electrons. The predicted octanol–water partition coefficient (Wildman–Crippen LogP) is 4.25. The predicted molar refractivity (Wildman–Crippen MR) is 82.8 cm³/mol. The number of carbonyl (C=O) groups is 1. The van der Waals surface area contributed by atoms with Crippen LogP contribution < -0.4 is 0 Å². The minimum Gasteiger partial charge on any atom is -0.334 e. The van der Waals surface area contributed by atoms with Gasteiger partial charge >= 0.3 is 0 Å². The van der Waals surface area contributed by atoms with Gasteiger partial charge in [-0.05, 0) is 56.9 Å². The first-order chi connectivity index (χ1) is 9.08. The van der Waals surface area contributed by atoms with E-state index in [1.54, 1.807) is 6.08 Å². The van der Waals surface area contributed by atoms with E-state index in [1.165, 1.54) is 6.42 Å². The lowest BCUT2D eigenvalue weighted by Crippen LogP contribution is -2.46. The number of hydrogen-bond acceptors (Lipinski definition) is 1. The van der Waals surface area contributed by atoms with Gasteiger partial charge in [0.25, 0.3) is 0 Å². The Bertz CT molecular complexity index is 456. The van der Waals surface area contributed by atoms with E-state index in [9.17, 15) is 4.79 Å². The van der Waals surface area contributed by atoms with Crippen LogP contribution in [0.3, 0.4) is 0 Å². The van der Waals surface area contributed by atoms with E-state index < -0.39 is 0 Å². The monoisotopic (exact) mass is 321 g/mol. The second kappa shape index (κ2) is 6.38. The van der Waals surface area contributed by atoms with Crippen LogP contribution in [0.5, 0.6) is 0 Å². The van der Waals surface area contributed by atoms with E-state index in [4.69, 9.17) is 0 Å². The molecule has 1 aliphatic heterocycles. The highest BCUT2D eigenvalue weighted by molar-refractivity contribution is 9.10. The standard InChI is InChI=1S/C16H20BrNO/c1-12-4-3-5-13(2)18(12)16(19)11-8-14-6-9-15(17)10-7-14/h6-13H,3-5H2,1-2H3/b11-8+. The summed E-state index contributed by atoms with van der Waals surface area (Å²) < 4.78 is 1.05. The molecule has 1 fully saturated rings. The summed E-state index contributed by atoms with van der Waals surface area (Å²) in [6, 6.07) is 8.66. The minimum absolute atomic E-state index is 0.127. The largest absolute Gasteiger partial charge is 0.334 e. The normalized spacial score (nSPS) is 23.8. The van der Waals surface area contributed by atoms with Crippen molar-refractivity contribution in [3.8, 4) is 0 Å². The zero-order valence-electron chi connectivity index (χ0n) is 11.5. The van der Waals surface area contributed by atoms with Gasteiger partial charge in [0.05, 0.1) is 0 Å². The number of hydrogen-bond donors (Lipinski definition) is 0. The number of likely N-dealkylation sites (tertiary alicyclic amines) is 1. The molecule has 0 radical (unpaired) electrons. The minimum atomic E-state index is 0.127.